The van der Waals surface area contributed by atoms with Gasteiger partial charge in [-0.1, -0.05) is 20.8 Å². The third-order valence-electron chi connectivity index (χ3n) is 4.67. The van der Waals surface area contributed by atoms with E-state index in [0.29, 0.717) is 34.4 Å². The fourth-order valence-corrected chi connectivity index (χ4v) is 4.02. The first-order valence-corrected chi connectivity index (χ1v) is 9.06. The van der Waals surface area contributed by atoms with Crippen molar-refractivity contribution in [1.82, 2.24) is 0 Å². The van der Waals surface area contributed by atoms with E-state index in [1.165, 1.54) is 13.5 Å². The number of ether oxygens (including phenoxy) is 2. The van der Waals surface area contributed by atoms with Crippen molar-refractivity contribution < 1.29 is 14.3 Å². The van der Waals surface area contributed by atoms with Crippen molar-refractivity contribution in [1.29, 1.82) is 0 Å². The summed E-state index contributed by atoms with van der Waals surface area (Å²) in [6, 6.07) is 3.83. The van der Waals surface area contributed by atoms with Crippen LogP contribution in [0.25, 0.3) is 0 Å². The molecule has 1 aliphatic rings. The molecule has 0 heterocycles. The first-order chi connectivity index (χ1) is 11.6. The maximum atomic E-state index is 12.0. The van der Waals surface area contributed by atoms with E-state index < -0.39 is 5.97 Å². The predicted octanol–water partition coefficient (Wildman–Crippen LogP) is 4.47. The SMILES string of the molecule is COC(=O)c1cc(N)c(NC2CC(C)CC(C)(C)C2)cc1OC(C)C. The maximum Gasteiger partial charge on any atom is 0.341 e. The van der Waals surface area contributed by atoms with Crippen LogP contribution in [0, 0.1) is 11.3 Å². The third-order valence-corrected chi connectivity index (χ3v) is 4.67. The number of esters is 1. The molecule has 0 aliphatic heterocycles. The zero-order valence-electron chi connectivity index (χ0n) is 16.3. The first-order valence-electron chi connectivity index (χ1n) is 9.06. The van der Waals surface area contributed by atoms with Gasteiger partial charge in [0.25, 0.3) is 0 Å². The number of nitrogen functional groups attached to an aromatic ring is 1. The second kappa shape index (κ2) is 7.54. The molecule has 25 heavy (non-hydrogen) atoms. The van der Waals surface area contributed by atoms with Crippen LogP contribution in [0.2, 0.25) is 0 Å². The van der Waals surface area contributed by atoms with E-state index >= 15 is 0 Å². The minimum atomic E-state index is -0.443. The average Bonchev–Trinajstić information content (AvgIpc) is 2.46. The monoisotopic (exact) mass is 348 g/mol. The summed E-state index contributed by atoms with van der Waals surface area (Å²) in [5, 5.41) is 3.58. The van der Waals surface area contributed by atoms with Gasteiger partial charge in [-0.2, -0.15) is 0 Å². The highest BCUT2D eigenvalue weighted by Crippen LogP contribution is 2.40. The van der Waals surface area contributed by atoms with E-state index in [-0.39, 0.29) is 6.10 Å². The first kappa shape index (κ1) is 19.4. The molecule has 5 nitrogen and oxygen atoms in total. The van der Waals surface area contributed by atoms with Gasteiger partial charge in [-0.05, 0) is 50.5 Å². The minimum Gasteiger partial charge on any atom is -0.490 e. The van der Waals surface area contributed by atoms with Crippen LogP contribution in [-0.2, 0) is 4.74 Å². The largest absolute Gasteiger partial charge is 0.490 e. The van der Waals surface area contributed by atoms with Gasteiger partial charge in [-0.25, -0.2) is 4.79 Å². The van der Waals surface area contributed by atoms with Crippen LogP contribution >= 0.6 is 0 Å². The molecule has 5 heteroatoms. The lowest BCUT2D eigenvalue weighted by Crippen LogP contribution is -2.35. The molecule has 1 aromatic rings. The molecule has 1 saturated carbocycles. The Balaban J connectivity index is 2.30. The van der Waals surface area contributed by atoms with Crippen molar-refractivity contribution in [2.24, 2.45) is 11.3 Å². The second-order valence-electron chi connectivity index (χ2n) is 8.35. The summed E-state index contributed by atoms with van der Waals surface area (Å²) in [6.07, 6.45) is 3.40. The van der Waals surface area contributed by atoms with Crippen LogP contribution in [0.1, 0.15) is 64.2 Å². The summed E-state index contributed by atoms with van der Waals surface area (Å²) >= 11 is 0. The summed E-state index contributed by atoms with van der Waals surface area (Å²) in [4.78, 5) is 12.0. The molecule has 2 unspecified atom stereocenters. The minimum absolute atomic E-state index is 0.0477. The molecule has 0 amide bonds. The molecule has 0 bridgehead atoms. The quantitative estimate of drug-likeness (QED) is 0.607. The normalized spacial score (nSPS) is 22.5. The molecular weight excluding hydrogens is 316 g/mol. The van der Waals surface area contributed by atoms with Gasteiger partial charge in [0.2, 0.25) is 0 Å². The summed E-state index contributed by atoms with van der Waals surface area (Å²) in [7, 11) is 1.36. The number of methoxy groups -OCH3 is 1. The number of carbonyl (C=O) groups is 1. The Labute approximate surface area is 151 Å². The maximum absolute atomic E-state index is 12.0. The van der Waals surface area contributed by atoms with Crippen LogP contribution in [0.3, 0.4) is 0 Å². The molecular formula is C20H32N2O3. The Morgan fingerprint density at radius 3 is 2.56 bits per heavy atom. The molecule has 0 aromatic heterocycles. The van der Waals surface area contributed by atoms with Gasteiger partial charge in [0.05, 0.1) is 24.6 Å². The lowest BCUT2D eigenvalue weighted by atomic mass is 9.70. The molecule has 1 aliphatic carbocycles. The molecule has 0 spiro atoms. The van der Waals surface area contributed by atoms with Gasteiger partial charge < -0.3 is 20.5 Å². The van der Waals surface area contributed by atoms with Crippen molar-refractivity contribution in [3.63, 3.8) is 0 Å². The molecule has 1 fully saturated rings. The number of carbonyl (C=O) groups excluding carboxylic acids is 1. The highest BCUT2D eigenvalue weighted by molar-refractivity contribution is 5.95. The zero-order valence-corrected chi connectivity index (χ0v) is 16.3. The predicted molar refractivity (Wildman–Crippen MR) is 102 cm³/mol. The number of anilines is 2. The molecule has 0 saturated heterocycles. The highest BCUT2D eigenvalue weighted by atomic mass is 16.5. The Hall–Kier alpha value is -1.91. The smallest absolute Gasteiger partial charge is 0.341 e. The third kappa shape index (κ3) is 5.03. The standard InChI is InChI=1S/C20H32N2O3/c1-12(2)25-18-9-17(16(21)8-15(18)19(23)24-6)22-14-7-13(3)10-20(4,5)11-14/h8-9,12-14,22H,7,10-11,21H2,1-6H3. The molecule has 1 aromatic carbocycles. The van der Waals surface area contributed by atoms with Crippen molar-refractivity contribution in [3.8, 4) is 5.75 Å². The van der Waals surface area contributed by atoms with Crippen LogP contribution in [0.4, 0.5) is 11.4 Å². The van der Waals surface area contributed by atoms with E-state index in [2.05, 4.69) is 26.1 Å². The van der Waals surface area contributed by atoms with Crippen molar-refractivity contribution >= 4 is 17.3 Å². The number of hydrogen-bond donors (Lipinski definition) is 2. The number of hydrogen-bond acceptors (Lipinski definition) is 5. The van der Waals surface area contributed by atoms with Gasteiger partial charge in [0.15, 0.2) is 0 Å². The number of nitrogens with one attached hydrogen (secondary N) is 1. The van der Waals surface area contributed by atoms with Crippen LogP contribution in [0.15, 0.2) is 12.1 Å². The molecule has 2 atom stereocenters. The van der Waals surface area contributed by atoms with Gasteiger partial charge in [-0.15, -0.1) is 0 Å². The van der Waals surface area contributed by atoms with Crippen LogP contribution in [0.5, 0.6) is 5.75 Å². The molecule has 3 N–H and O–H groups in total. The highest BCUT2D eigenvalue weighted by Gasteiger charge is 2.32. The van der Waals surface area contributed by atoms with Gasteiger partial charge in [0, 0.05) is 12.1 Å². The lowest BCUT2D eigenvalue weighted by molar-refractivity contribution is 0.0594. The molecule has 2 rings (SSSR count). The van der Waals surface area contributed by atoms with E-state index in [1.54, 1.807) is 6.07 Å². The Morgan fingerprint density at radius 1 is 1.32 bits per heavy atom. The number of benzene rings is 1. The van der Waals surface area contributed by atoms with E-state index in [1.807, 2.05) is 19.9 Å². The van der Waals surface area contributed by atoms with E-state index in [4.69, 9.17) is 15.2 Å². The van der Waals surface area contributed by atoms with Gasteiger partial charge >= 0.3 is 5.97 Å². The summed E-state index contributed by atoms with van der Waals surface area (Å²) in [6.45, 7) is 10.8. The van der Waals surface area contributed by atoms with Gasteiger partial charge in [0.1, 0.15) is 11.3 Å². The van der Waals surface area contributed by atoms with Gasteiger partial charge in [-0.3, -0.25) is 0 Å². The molecule has 0 radical (unpaired) electrons. The summed E-state index contributed by atoms with van der Waals surface area (Å²) in [5.41, 5.74) is 8.23. The second-order valence-corrected chi connectivity index (χ2v) is 8.35. The summed E-state index contributed by atoms with van der Waals surface area (Å²) < 4.78 is 10.7. The fourth-order valence-electron chi connectivity index (χ4n) is 4.02. The Kier molecular flexibility index (Phi) is 5.86. The van der Waals surface area contributed by atoms with Crippen molar-refractivity contribution in [3.05, 3.63) is 17.7 Å². The Morgan fingerprint density at radius 2 is 2.00 bits per heavy atom. The zero-order chi connectivity index (χ0) is 18.8. The van der Waals surface area contributed by atoms with Crippen LogP contribution in [-0.4, -0.2) is 25.2 Å². The number of rotatable bonds is 5. The van der Waals surface area contributed by atoms with Crippen LogP contribution < -0.4 is 15.8 Å². The van der Waals surface area contributed by atoms with Crippen molar-refractivity contribution in [2.75, 3.05) is 18.2 Å². The lowest BCUT2D eigenvalue weighted by Gasteiger charge is -2.39. The van der Waals surface area contributed by atoms with E-state index in [9.17, 15) is 4.79 Å². The topological polar surface area (TPSA) is 73.6 Å². The number of nitrogens with two attached hydrogens (primary N) is 1. The average molecular weight is 348 g/mol. The van der Waals surface area contributed by atoms with E-state index in [0.717, 1.165) is 18.5 Å². The fraction of sp³-hybridized carbons (Fsp3) is 0.650. The summed E-state index contributed by atoms with van der Waals surface area (Å²) in [5.74, 6) is 0.728. The van der Waals surface area contributed by atoms with Crippen molar-refractivity contribution in [2.45, 2.75) is 66.0 Å². The molecule has 140 valence electrons. The Bertz CT molecular complexity index is 626.